The van der Waals surface area contributed by atoms with E-state index >= 15 is 0 Å². The molecule has 4 aromatic carbocycles. The molecule has 0 aliphatic carbocycles. The molecule has 0 saturated carbocycles. The quantitative estimate of drug-likeness (QED) is 0.222. The van der Waals surface area contributed by atoms with E-state index in [1.54, 1.807) is 24.3 Å². The molecule has 0 saturated heterocycles. The van der Waals surface area contributed by atoms with Gasteiger partial charge in [0.2, 0.25) is 0 Å². The minimum Gasteiger partial charge on any atom is -0.463 e. The molecule has 34 heavy (non-hydrogen) atoms. The lowest BCUT2D eigenvalue weighted by atomic mass is 10.00. The van der Waals surface area contributed by atoms with Gasteiger partial charge in [0, 0.05) is 6.07 Å². The third-order valence-electron chi connectivity index (χ3n) is 5.80. The molecule has 0 unspecified atom stereocenters. The number of fused-ring (bicyclic) bond motifs is 1. The molecule has 0 amide bonds. The van der Waals surface area contributed by atoms with Crippen LogP contribution in [0.3, 0.4) is 0 Å². The van der Waals surface area contributed by atoms with E-state index in [9.17, 15) is 9.59 Å². The van der Waals surface area contributed by atoms with Crippen LogP contribution in [-0.2, 0) is 12.8 Å². The van der Waals surface area contributed by atoms with E-state index in [0.717, 1.165) is 24.0 Å². The average molecular weight is 447 g/mol. The van der Waals surface area contributed by atoms with Gasteiger partial charge in [0.1, 0.15) is 17.6 Å². The number of aryl methyl sites for hydroxylation is 2. The van der Waals surface area contributed by atoms with Crippen LogP contribution >= 0.6 is 0 Å². The van der Waals surface area contributed by atoms with Gasteiger partial charge in [-0.2, -0.15) is 0 Å². The summed E-state index contributed by atoms with van der Waals surface area (Å²) in [5, 5.41) is 0.435. The second-order valence-electron chi connectivity index (χ2n) is 8.03. The van der Waals surface area contributed by atoms with Gasteiger partial charge in [0.25, 0.3) is 0 Å². The zero-order valence-electron chi connectivity index (χ0n) is 18.4. The van der Waals surface area contributed by atoms with E-state index in [2.05, 4.69) is 12.1 Å². The van der Waals surface area contributed by atoms with Crippen molar-refractivity contribution in [1.82, 2.24) is 0 Å². The Labute approximate surface area is 197 Å². The summed E-state index contributed by atoms with van der Waals surface area (Å²) in [7, 11) is 0. The van der Waals surface area contributed by atoms with Gasteiger partial charge in [-0.15, -0.1) is 0 Å². The first-order valence-electron chi connectivity index (χ1n) is 11.1. The number of benzene rings is 4. The van der Waals surface area contributed by atoms with E-state index in [1.165, 1.54) is 11.8 Å². The fraction of sp³-hybridized carbons (Fsp3) is 0.0667. The Balaban J connectivity index is 1.37. The molecule has 1 heterocycles. The summed E-state index contributed by atoms with van der Waals surface area (Å²) < 4.78 is 11.4. The lowest BCUT2D eigenvalue weighted by Crippen LogP contribution is -2.12. The smallest absolute Gasteiger partial charge is 0.343 e. The third-order valence-corrected chi connectivity index (χ3v) is 5.80. The number of hydrogen-bond donors (Lipinski definition) is 0. The molecular weight excluding hydrogens is 424 g/mol. The second-order valence-corrected chi connectivity index (χ2v) is 8.03. The number of carbonyl (C=O) groups is 1. The highest BCUT2D eigenvalue weighted by Crippen LogP contribution is 2.24. The summed E-state index contributed by atoms with van der Waals surface area (Å²) >= 11 is 0. The maximum atomic E-state index is 13.0. The van der Waals surface area contributed by atoms with Gasteiger partial charge in [-0.1, -0.05) is 78.9 Å². The third kappa shape index (κ3) is 4.52. The first-order valence-corrected chi connectivity index (χ1v) is 11.1. The van der Waals surface area contributed by atoms with Gasteiger partial charge in [-0.25, -0.2) is 4.79 Å². The molecule has 166 valence electrons. The van der Waals surface area contributed by atoms with E-state index in [1.807, 2.05) is 66.7 Å². The predicted molar refractivity (Wildman–Crippen MR) is 133 cm³/mol. The van der Waals surface area contributed by atoms with Crippen LogP contribution in [0.2, 0.25) is 0 Å². The number of hydrogen-bond acceptors (Lipinski definition) is 4. The monoisotopic (exact) mass is 446 g/mol. The van der Waals surface area contributed by atoms with Crippen LogP contribution in [0.15, 0.2) is 119 Å². The average Bonchev–Trinajstić information content (AvgIpc) is 2.89. The summed E-state index contributed by atoms with van der Waals surface area (Å²) in [6.45, 7) is 0. The van der Waals surface area contributed by atoms with E-state index in [4.69, 9.17) is 9.15 Å². The topological polar surface area (TPSA) is 56.5 Å². The molecule has 4 nitrogen and oxygen atoms in total. The lowest BCUT2D eigenvalue weighted by molar-refractivity contribution is 0.0733. The molecule has 5 aromatic rings. The fourth-order valence-electron chi connectivity index (χ4n) is 4.01. The maximum absolute atomic E-state index is 13.0. The van der Waals surface area contributed by atoms with E-state index < -0.39 is 5.97 Å². The minimum atomic E-state index is -0.439. The van der Waals surface area contributed by atoms with Crippen LogP contribution in [-0.4, -0.2) is 5.97 Å². The van der Waals surface area contributed by atoms with Gasteiger partial charge in [0.05, 0.1) is 16.5 Å². The standard InChI is InChI=1S/C30H22O4/c31-29-26-18-17-24(19-28(26)33-20-27(29)22-11-5-2-6-12-22)34-30(32)25-14-8-7-13-23(25)16-15-21-9-3-1-4-10-21/h1-14,17-20H,15-16H2. The number of rotatable bonds is 6. The highest BCUT2D eigenvalue weighted by Gasteiger charge is 2.15. The van der Waals surface area contributed by atoms with Crippen molar-refractivity contribution in [3.05, 3.63) is 136 Å². The number of esters is 1. The van der Waals surface area contributed by atoms with Gasteiger partial charge < -0.3 is 9.15 Å². The van der Waals surface area contributed by atoms with E-state index in [-0.39, 0.29) is 5.43 Å². The highest BCUT2D eigenvalue weighted by molar-refractivity contribution is 5.93. The van der Waals surface area contributed by atoms with Crippen molar-refractivity contribution in [1.29, 1.82) is 0 Å². The van der Waals surface area contributed by atoms with Gasteiger partial charge in [0.15, 0.2) is 5.43 Å². The first-order chi connectivity index (χ1) is 16.7. The van der Waals surface area contributed by atoms with Crippen molar-refractivity contribution >= 4 is 16.9 Å². The Bertz CT molecular complexity index is 1500. The Morgan fingerprint density at radius 2 is 1.47 bits per heavy atom. The molecule has 0 aliphatic rings. The summed E-state index contributed by atoms with van der Waals surface area (Å²) in [6.07, 6.45) is 3.00. The summed E-state index contributed by atoms with van der Waals surface area (Å²) in [6, 6.07) is 31.8. The van der Waals surface area contributed by atoms with Crippen LogP contribution in [0, 0.1) is 0 Å². The van der Waals surface area contributed by atoms with Gasteiger partial charge in [-0.3, -0.25) is 4.79 Å². The Kier molecular flexibility index (Phi) is 6.04. The van der Waals surface area contributed by atoms with Crippen LogP contribution in [0.4, 0.5) is 0 Å². The first kappa shape index (κ1) is 21.4. The van der Waals surface area contributed by atoms with Crippen LogP contribution in [0.5, 0.6) is 5.75 Å². The number of carbonyl (C=O) groups excluding carboxylic acids is 1. The van der Waals surface area contributed by atoms with Crippen molar-refractivity contribution in [2.45, 2.75) is 12.8 Å². The lowest BCUT2D eigenvalue weighted by Gasteiger charge is -2.10. The molecule has 0 fully saturated rings. The van der Waals surface area contributed by atoms with Gasteiger partial charge >= 0.3 is 5.97 Å². The zero-order valence-corrected chi connectivity index (χ0v) is 18.4. The molecule has 1 aromatic heterocycles. The largest absolute Gasteiger partial charge is 0.463 e. The second kappa shape index (κ2) is 9.59. The Hall–Kier alpha value is -4.44. The van der Waals surface area contributed by atoms with Crippen molar-refractivity contribution < 1.29 is 13.9 Å². The van der Waals surface area contributed by atoms with Crippen molar-refractivity contribution in [2.24, 2.45) is 0 Å². The van der Waals surface area contributed by atoms with Crippen molar-refractivity contribution in [3.8, 4) is 16.9 Å². The molecule has 0 bridgehead atoms. The summed E-state index contributed by atoms with van der Waals surface area (Å²) in [4.78, 5) is 25.9. The molecule has 0 N–H and O–H groups in total. The Morgan fingerprint density at radius 1 is 0.765 bits per heavy atom. The van der Waals surface area contributed by atoms with Crippen LogP contribution in [0.25, 0.3) is 22.1 Å². The minimum absolute atomic E-state index is 0.128. The molecular formula is C30H22O4. The van der Waals surface area contributed by atoms with E-state index in [0.29, 0.717) is 27.8 Å². The van der Waals surface area contributed by atoms with Crippen molar-refractivity contribution in [2.75, 3.05) is 0 Å². The Morgan fingerprint density at radius 3 is 2.26 bits per heavy atom. The number of ether oxygens (including phenoxy) is 1. The summed E-state index contributed by atoms with van der Waals surface area (Å²) in [5.74, 6) is -0.114. The molecule has 0 aliphatic heterocycles. The SMILES string of the molecule is O=C(Oc1ccc2c(=O)c(-c3ccccc3)coc2c1)c1ccccc1CCc1ccccc1. The maximum Gasteiger partial charge on any atom is 0.343 e. The van der Waals surface area contributed by atoms with Crippen molar-refractivity contribution in [3.63, 3.8) is 0 Å². The molecule has 0 atom stereocenters. The predicted octanol–water partition coefficient (Wildman–Crippen LogP) is 6.46. The molecule has 4 heteroatoms. The summed E-state index contributed by atoms with van der Waals surface area (Å²) in [5.41, 5.74) is 4.19. The molecule has 5 rings (SSSR count). The molecule has 0 radical (unpaired) electrons. The molecule has 0 spiro atoms. The highest BCUT2D eigenvalue weighted by atomic mass is 16.5. The normalized spacial score (nSPS) is 10.8. The van der Waals surface area contributed by atoms with Crippen LogP contribution in [0.1, 0.15) is 21.5 Å². The van der Waals surface area contributed by atoms with Gasteiger partial charge in [-0.05, 0) is 47.7 Å². The zero-order chi connectivity index (χ0) is 23.3. The fourth-order valence-corrected chi connectivity index (χ4v) is 4.01. The van der Waals surface area contributed by atoms with Crippen LogP contribution < -0.4 is 10.2 Å².